The molecule has 1 aliphatic rings. The Morgan fingerprint density at radius 2 is 2.00 bits per heavy atom. The van der Waals surface area contributed by atoms with Gasteiger partial charge in [0.05, 0.1) is 0 Å². The Morgan fingerprint density at radius 1 is 1.20 bits per heavy atom. The normalized spacial score (nSPS) is 21.7. The smallest absolute Gasteiger partial charge is 0.159 e. The van der Waals surface area contributed by atoms with Gasteiger partial charge in [-0.3, -0.25) is 4.79 Å². The summed E-state index contributed by atoms with van der Waals surface area (Å²) in [7, 11) is 0. The average Bonchev–Trinajstić information content (AvgIpc) is 2.22. The molecule has 0 aromatic heterocycles. The number of carbonyl (C=O) groups is 1. The number of carbonyl (C=O) groups excluding carboxylic acids is 1. The third-order valence-electron chi connectivity index (χ3n) is 2.90. The van der Waals surface area contributed by atoms with E-state index in [9.17, 15) is 13.6 Å². The second kappa shape index (κ2) is 4.09. The van der Waals surface area contributed by atoms with Gasteiger partial charge in [0.25, 0.3) is 0 Å². The lowest BCUT2D eigenvalue weighted by Gasteiger charge is -2.21. The van der Waals surface area contributed by atoms with Crippen LogP contribution in [0.4, 0.5) is 8.78 Å². The van der Waals surface area contributed by atoms with E-state index in [0.717, 1.165) is 24.5 Å². The SMILES string of the molecule is O=C1CCCC(c2ccc(F)c(F)c2)C1. The molecule has 0 heterocycles. The van der Waals surface area contributed by atoms with Gasteiger partial charge in [-0.2, -0.15) is 0 Å². The Balaban J connectivity index is 2.21. The maximum atomic E-state index is 13.0. The fraction of sp³-hybridized carbons (Fsp3) is 0.417. The summed E-state index contributed by atoms with van der Waals surface area (Å²) in [5.41, 5.74) is 0.738. The molecule has 80 valence electrons. The molecule has 1 fully saturated rings. The van der Waals surface area contributed by atoms with Crippen LogP contribution in [0, 0.1) is 11.6 Å². The van der Waals surface area contributed by atoms with Gasteiger partial charge in [0, 0.05) is 12.8 Å². The second-order valence-electron chi connectivity index (χ2n) is 4.01. The molecule has 0 aliphatic heterocycles. The predicted molar refractivity (Wildman–Crippen MR) is 52.6 cm³/mol. The van der Waals surface area contributed by atoms with Gasteiger partial charge in [-0.25, -0.2) is 8.78 Å². The fourth-order valence-electron chi connectivity index (χ4n) is 2.08. The number of hydrogen-bond acceptors (Lipinski definition) is 1. The molecule has 0 amide bonds. The number of hydrogen-bond donors (Lipinski definition) is 0. The van der Waals surface area contributed by atoms with Crippen molar-refractivity contribution in [3.8, 4) is 0 Å². The van der Waals surface area contributed by atoms with E-state index in [-0.39, 0.29) is 11.7 Å². The molecule has 1 atom stereocenters. The van der Waals surface area contributed by atoms with Gasteiger partial charge in [0.15, 0.2) is 11.6 Å². The Morgan fingerprint density at radius 3 is 2.67 bits per heavy atom. The monoisotopic (exact) mass is 210 g/mol. The summed E-state index contributed by atoms with van der Waals surface area (Å²) in [6.45, 7) is 0. The molecule has 0 radical (unpaired) electrons. The summed E-state index contributed by atoms with van der Waals surface area (Å²) >= 11 is 0. The Hall–Kier alpha value is -1.25. The lowest BCUT2D eigenvalue weighted by Crippen LogP contribution is -2.13. The van der Waals surface area contributed by atoms with Crippen LogP contribution in [0.3, 0.4) is 0 Å². The van der Waals surface area contributed by atoms with Gasteiger partial charge in [-0.15, -0.1) is 0 Å². The highest BCUT2D eigenvalue weighted by Crippen LogP contribution is 2.31. The number of benzene rings is 1. The summed E-state index contributed by atoms with van der Waals surface area (Å²) in [5, 5.41) is 0. The fourth-order valence-corrected chi connectivity index (χ4v) is 2.08. The van der Waals surface area contributed by atoms with E-state index in [4.69, 9.17) is 0 Å². The van der Waals surface area contributed by atoms with E-state index in [1.807, 2.05) is 0 Å². The minimum absolute atomic E-state index is 0.0707. The molecule has 1 saturated carbocycles. The van der Waals surface area contributed by atoms with Crippen LogP contribution >= 0.6 is 0 Å². The number of ketones is 1. The van der Waals surface area contributed by atoms with Gasteiger partial charge in [-0.1, -0.05) is 6.07 Å². The molecule has 1 aromatic rings. The van der Waals surface area contributed by atoms with Crippen LogP contribution in [0.1, 0.15) is 37.2 Å². The Labute approximate surface area is 87.1 Å². The van der Waals surface area contributed by atoms with Crippen LogP contribution in [-0.4, -0.2) is 5.78 Å². The molecule has 1 unspecified atom stereocenters. The molecule has 1 aromatic carbocycles. The first-order valence-corrected chi connectivity index (χ1v) is 5.13. The lowest BCUT2D eigenvalue weighted by atomic mass is 9.83. The van der Waals surface area contributed by atoms with Crippen molar-refractivity contribution in [1.82, 2.24) is 0 Å². The quantitative estimate of drug-likeness (QED) is 0.695. The summed E-state index contributed by atoms with van der Waals surface area (Å²) in [4.78, 5) is 11.2. The topological polar surface area (TPSA) is 17.1 Å². The summed E-state index contributed by atoms with van der Waals surface area (Å²) in [6.07, 6.45) is 2.82. The molecule has 3 heteroatoms. The Kier molecular flexibility index (Phi) is 2.80. The zero-order chi connectivity index (χ0) is 10.8. The first-order valence-electron chi connectivity index (χ1n) is 5.13. The molecule has 1 aliphatic carbocycles. The van der Waals surface area contributed by atoms with E-state index in [0.29, 0.717) is 12.8 Å². The minimum Gasteiger partial charge on any atom is -0.300 e. The molecular formula is C12H12F2O. The lowest BCUT2D eigenvalue weighted by molar-refractivity contribution is -0.120. The van der Waals surface area contributed by atoms with Crippen molar-refractivity contribution in [1.29, 1.82) is 0 Å². The number of Topliss-reactive ketones (excluding diaryl/α,β-unsaturated/α-hetero) is 1. The maximum absolute atomic E-state index is 13.0. The van der Waals surface area contributed by atoms with E-state index in [2.05, 4.69) is 0 Å². The first-order chi connectivity index (χ1) is 7.16. The standard InChI is InChI=1S/C12H12F2O/c13-11-5-4-9(7-12(11)14)8-2-1-3-10(15)6-8/h4-5,7-8H,1-3,6H2. The summed E-state index contributed by atoms with van der Waals surface area (Å²) in [5.74, 6) is -1.37. The average molecular weight is 210 g/mol. The van der Waals surface area contributed by atoms with Gasteiger partial charge in [-0.05, 0) is 36.5 Å². The maximum Gasteiger partial charge on any atom is 0.159 e. The van der Waals surface area contributed by atoms with Crippen molar-refractivity contribution in [2.24, 2.45) is 0 Å². The van der Waals surface area contributed by atoms with Gasteiger partial charge in [0.1, 0.15) is 5.78 Å². The van der Waals surface area contributed by atoms with Crippen LogP contribution < -0.4 is 0 Å². The van der Waals surface area contributed by atoms with Crippen LogP contribution in [0.15, 0.2) is 18.2 Å². The molecule has 1 nitrogen and oxygen atoms in total. The van der Waals surface area contributed by atoms with E-state index in [1.54, 1.807) is 6.07 Å². The molecule has 0 saturated heterocycles. The van der Waals surface area contributed by atoms with Crippen molar-refractivity contribution in [3.63, 3.8) is 0 Å². The van der Waals surface area contributed by atoms with Gasteiger partial charge < -0.3 is 0 Å². The zero-order valence-electron chi connectivity index (χ0n) is 8.30. The van der Waals surface area contributed by atoms with Crippen LogP contribution in [-0.2, 0) is 4.79 Å². The largest absolute Gasteiger partial charge is 0.300 e. The van der Waals surface area contributed by atoms with E-state index < -0.39 is 11.6 Å². The highest BCUT2D eigenvalue weighted by Gasteiger charge is 2.21. The molecule has 0 spiro atoms. The predicted octanol–water partition coefficient (Wildman–Crippen LogP) is 3.19. The molecule has 2 rings (SSSR count). The van der Waals surface area contributed by atoms with Crippen molar-refractivity contribution >= 4 is 5.78 Å². The molecule has 0 N–H and O–H groups in total. The molecule has 0 bridgehead atoms. The van der Waals surface area contributed by atoms with Crippen molar-refractivity contribution in [2.45, 2.75) is 31.6 Å². The van der Waals surface area contributed by atoms with Crippen LogP contribution in [0.25, 0.3) is 0 Å². The highest BCUT2D eigenvalue weighted by atomic mass is 19.2. The van der Waals surface area contributed by atoms with Crippen molar-refractivity contribution < 1.29 is 13.6 Å². The Bertz CT molecular complexity index is 387. The number of rotatable bonds is 1. The van der Waals surface area contributed by atoms with Gasteiger partial charge >= 0.3 is 0 Å². The third-order valence-corrected chi connectivity index (χ3v) is 2.90. The van der Waals surface area contributed by atoms with Gasteiger partial charge in [0.2, 0.25) is 0 Å². The van der Waals surface area contributed by atoms with E-state index in [1.165, 1.54) is 6.07 Å². The number of halogens is 2. The van der Waals surface area contributed by atoms with E-state index >= 15 is 0 Å². The van der Waals surface area contributed by atoms with Crippen LogP contribution in [0.2, 0.25) is 0 Å². The van der Waals surface area contributed by atoms with Crippen molar-refractivity contribution in [2.75, 3.05) is 0 Å². The minimum atomic E-state index is -0.833. The third kappa shape index (κ3) is 2.22. The summed E-state index contributed by atoms with van der Waals surface area (Å²) < 4.78 is 25.7. The first kappa shape index (κ1) is 10.3. The summed E-state index contributed by atoms with van der Waals surface area (Å²) in [6, 6.07) is 3.91. The highest BCUT2D eigenvalue weighted by molar-refractivity contribution is 5.80. The molecular weight excluding hydrogens is 198 g/mol. The van der Waals surface area contributed by atoms with Crippen LogP contribution in [0.5, 0.6) is 0 Å². The van der Waals surface area contributed by atoms with Crippen molar-refractivity contribution in [3.05, 3.63) is 35.4 Å². The molecule has 15 heavy (non-hydrogen) atoms. The zero-order valence-corrected chi connectivity index (χ0v) is 8.30. The second-order valence-corrected chi connectivity index (χ2v) is 4.01.